The molecule has 5 nitrogen and oxygen atoms in total. The molecule has 5 heteroatoms. The molecule has 1 aromatic heterocycles. The maximum absolute atomic E-state index is 12.0. The first kappa shape index (κ1) is 18.9. The molecule has 2 aromatic rings. The first-order valence-corrected chi connectivity index (χ1v) is 8.46. The van der Waals surface area contributed by atoms with Crippen molar-refractivity contribution in [3.05, 3.63) is 65.0 Å². The van der Waals surface area contributed by atoms with Gasteiger partial charge < -0.3 is 15.7 Å². The highest BCUT2D eigenvalue weighted by molar-refractivity contribution is 5.74. The second-order valence-corrected chi connectivity index (χ2v) is 7.12. The summed E-state index contributed by atoms with van der Waals surface area (Å²) in [4.78, 5) is 16.1. The van der Waals surface area contributed by atoms with Gasteiger partial charge in [-0.3, -0.25) is 4.98 Å². The van der Waals surface area contributed by atoms with Gasteiger partial charge in [0.05, 0.1) is 6.10 Å². The molecule has 0 saturated heterocycles. The van der Waals surface area contributed by atoms with Crippen LogP contribution < -0.4 is 10.6 Å². The van der Waals surface area contributed by atoms with Crippen LogP contribution in [0.15, 0.2) is 42.7 Å². The van der Waals surface area contributed by atoms with Crippen molar-refractivity contribution in [2.45, 2.75) is 39.2 Å². The van der Waals surface area contributed by atoms with Gasteiger partial charge in [0.15, 0.2) is 0 Å². The van der Waals surface area contributed by atoms with E-state index in [9.17, 15) is 9.90 Å². The van der Waals surface area contributed by atoms with Crippen LogP contribution in [0.1, 0.15) is 42.2 Å². The number of amides is 2. The summed E-state index contributed by atoms with van der Waals surface area (Å²) in [7, 11) is 0. The Kier molecular flexibility index (Phi) is 6.15. The number of nitrogens with zero attached hydrogens (tertiary/aromatic N) is 1. The zero-order chi connectivity index (χ0) is 18.4. The molecule has 1 atom stereocenters. The van der Waals surface area contributed by atoms with Crippen LogP contribution in [0.2, 0.25) is 0 Å². The number of aliphatic hydroxyl groups is 1. The van der Waals surface area contributed by atoms with Gasteiger partial charge in [0.2, 0.25) is 0 Å². The third kappa shape index (κ3) is 5.57. The number of aryl methyl sites for hydroxylation is 2. The zero-order valence-electron chi connectivity index (χ0n) is 15.3. The van der Waals surface area contributed by atoms with E-state index in [1.807, 2.05) is 38.1 Å². The molecule has 0 aliphatic rings. The van der Waals surface area contributed by atoms with Crippen LogP contribution in [0.5, 0.6) is 0 Å². The smallest absolute Gasteiger partial charge is 0.314 e. The molecule has 2 rings (SSSR count). The second kappa shape index (κ2) is 8.12. The van der Waals surface area contributed by atoms with Crippen LogP contribution in [0.4, 0.5) is 4.79 Å². The van der Waals surface area contributed by atoms with Gasteiger partial charge in [-0.15, -0.1) is 0 Å². The Morgan fingerprint density at radius 1 is 1.12 bits per heavy atom. The average Bonchev–Trinajstić information content (AvgIpc) is 2.58. The van der Waals surface area contributed by atoms with E-state index in [2.05, 4.69) is 35.5 Å². The van der Waals surface area contributed by atoms with Gasteiger partial charge in [0.1, 0.15) is 0 Å². The van der Waals surface area contributed by atoms with Gasteiger partial charge in [0, 0.05) is 30.9 Å². The summed E-state index contributed by atoms with van der Waals surface area (Å²) >= 11 is 0. The number of carbonyl (C=O) groups is 1. The van der Waals surface area contributed by atoms with E-state index in [4.69, 9.17) is 0 Å². The number of aliphatic hydroxyl groups excluding tert-OH is 1. The van der Waals surface area contributed by atoms with Crippen molar-refractivity contribution >= 4 is 6.03 Å². The topological polar surface area (TPSA) is 74.2 Å². The van der Waals surface area contributed by atoms with E-state index in [0.717, 1.165) is 22.3 Å². The molecule has 1 aromatic carbocycles. The molecule has 1 heterocycles. The van der Waals surface area contributed by atoms with Crippen molar-refractivity contribution in [3.63, 3.8) is 0 Å². The highest BCUT2D eigenvalue weighted by atomic mass is 16.3. The van der Waals surface area contributed by atoms with Gasteiger partial charge in [-0.25, -0.2) is 4.79 Å². The monoisotopic (exact) mass is 341 g/mol. The fourth-order valence-corrected chi connectivity index (χ4v) is 2.78. The minimum absolute atomic E-state index is 0.171. The lowest BCUT2D eigenvalue weighted by Crippen LogP contribution is -2.43. The van der Waals surface area contributed by atoms with Crippen LogP contribution in [-0.2, 0) is 5.41 Å². The van der Waals surface area contributed by atoms with E-state index in [-0.39, 0.29) is 18.0 Å². The quantitative estimate of drug-likeness (QED) is 0.756. The van der Waals surface area contributed by atoms with Crippen LogP contribution in [-0.4, -0.2) is 29.2 Å². The highest BCUT2D eigenvalue weighted by Crippen LogP contribution is 2.21. The Morgan fingerprint density at radius 3 is 2.32 bits per heavy atom. The molecule has 0 spiro atoms. The molecule has 0 aliphatic heterocycles. The lowest BCUT2D eigenvalue weighted by atomic mass is 9.85. The molecule has 0 fully saturated rings. The zero-order valence-corrected chi connectivity index (χ0v) is 15.3. The number of hydrogen-bond acceptors (Lipinski definition) is 3. The van der Waals surface area contributed by atoms with Crippen molar-refractivity contribution in [2.75, 3.05) is 13.1 Å². The summed E-state index contributed by atoms with van der Waals surface area (Å²) < 4.78 is 0. The van der Waals surface area contributed by atoms with Crippen molar-refractivity contribution in [3.8, 4) is 0 Å². The molecule has 0 saturated carbocycles. The lowest BCUT2D eigenvalue weighted by molar-refractivity contribution is 0.172. The van der Waals surface area contributed by atoms with Crippen LogP contribution in [0, 0.1) is 13.8 Å². The molecule has 0 aliphatic carbocycles. The van der Waals surface area contributed by atoms with Gasteiger partial charge in [-0.1, -0.05) is 43.2 Å². The number of nitrogens with one attached hydrogen (secondary N) is 2. The molecule has 0 radical (unpaired) electrons. The normalized spacial score (nSPS) is 12.5. The van der Waals surface area contributed by atoms with Crippen molar-refractivity contribution in [1.29, 1.82) is 0 Å². The summed E-state index contributed by atoms with van der Waals surface area (Å²) in [6.07, 6.45) is 2.77. The Hall–Kier alpha value is -2.40. The first-order chi connectivity index (χ1) is 11.8. The predicted octanol–water partition coefficient (Wildman–Crippen LogP) is 3.01. The van der Waals surface area contributed by atoms with Gasteiger partial charge in [-0.05, 0) is 37.1 Å². The van der Waals surface area contributed by atoms with E-state index in [1.54, 1.807) is 12.4 Å². The molecule has 25 heavy (non-hydrogen) atoms. The summed E-state index contributed by atoms with van der Waals surface area (Å²) in [6, 6.07) is 9.53. The molecule has 0 unspecified atom stereocenters. The fraction of sp³-hybridized carbons (Fsp3) is 0.400. The standard InChI is InChI=1S/C20H27N3O2/c1-14-9-15(2)11-16(10-14)18(24)12-22-19(25)23-13-20(3,4)17-5-7-21-8-6-17/h5-11,18,24H,12-13H2,1-4H3,(H2,22,23,25)/t18-/m1/s1. The van der Waals surface area contributed by atoms with Crippen molar-refractivity contribution < 1.29 is 9.90 Å². The summed E-state index contributed by atoms with van der Waals surface area (Å²) in [5, 5.41) is 15.9. The molecule has 3 N–H and O–H groups in total. The SMILES string of the molecule is Cc1cc(C)cc([C@H](O)CNC(=O)NCC(C)(C)c2ccncc2)c1. The molecule has 134 valence electrons. The van der Waals surface area contributed by atoms with Gasteiger partial charge in [0.25, 0.3) is 0 Å². The van der Waals surface area contributed by atoms with E-state index >= 15 is 0 Å². The number of rotatable bonds is 6. The molecule has 2 amide bonds. The minimum atomic E-state index is -0.724. The van der Waals surface area contributed by atoms with Crippen LogP contribution >= 0.6 is 0 Å². The van der Waals surface area contributed by atoms with Crippen molar-refractivity contribution in [1.82, 2.24) is 15.6 Å². The predicted molar refractivity (Wildman–Crippen MR) is 99.5 cm³/mol. The fourth-order valence-electron chi connectivity index (χ4n) is 2.78. The summed E-state index contributed by atoms with van der Waals surface area (Å²) in [5.74, 6) is 0. The number of carbonyl (C=O) groups excluding carboxylic acids is 1. The maximum atomic E-state index is 12.0. The Labute approximate surface area is 149 Å². The largest absolute Gasteiger partial charge is 0.387 e. The number of hydrogen-bond donors (Lipinski definition) is 3. The van der Waals surface area contributed by atoms with Crippen LogP contribution in [0.3, 0.4) is 0 Å². The first-order valence-electron chi connectivity index (χ1n) is 8.46. The van der Waals surface area contributed by atoms with Gasteiger partial charge in [-0.2, -0.15) is 0 Å². The third-order valence-corrected chi connectivity index (χ3v) is 4.24. The molecular formula is C20H27N3O2. The Morgan fingerprint density at radius 2 is 1.72 bits per heavy atom. The number of aromatic nitrogens is 1. The second-order valence-electron chi connectivity index (χ2n) is 7.12. The van der Waals surface area contributed by atoms with Crippen LogP contribution in [0.25, 0.3) is 0 Å². The average molecular weight is 341 g/mol. The Balaban J connectivity index is 1.84. The number of urea groups is 1. The lowest BCUT2D eigenvalue weighted by Gasteiger charge is -2.25. The summed E-state index contributed by atoms with van der Waals surface area (Å²) in [5.41, 5.74) is 3.91. The number of benzene rings is 1. The van der Waals surface area contributed by atoms with E-state index in [1.165, 1.54) is 0 Å². The molecular weight excluding hydrogens is 314 g/mol. The molecule has 0 bridgehead atoms. The summed E-state index contributed by atoms with van der Waals surface area (Å²) in [6.45, 7) is 8.77. The van der Waals surface area contributed by atoms with E-state index in [0.29, 0.717) is 6.54 Å². The minimum Gasteiger partial charge on any atom is -0.387 e. The Bertz CT molecular complexity index is 694. The van der Waals surface area contributed by atoms with Gasteiger partial charge >= 0.3 is 6.03 Å². The maximum Gasteiger partial charge on any atom is 0.314 e. The van der Waals surface area contributed by atoms with E-state index < -0.39 is 6.10 Å². The number of pyridine rings is 1. The highest BCUT2D eigenvalue weighted by Gasteiger charge is 2.21. The van der Waals surface area contributed by atoms with Crippen molar-refractivity contribution in [2.24, 2.45) is 0 Å². The third-order valence-electron chi connectivity index (χ3n) is 4.24.